The van der Waals surface area contributed by atoms with E-state index >= 15 is 0 Å². The van der Waals surface area contributed by atoms with Crippen molar-refractivity contribution in [2.24, 2.45) is 5.41 Å². The molecule has 2 amide bonds. The molecule has 354 valence electrons. The Kier molecular flexibility index (Phi) is 21.9. The van der Waals surface area contributed by atoms with Gasteiger partial charge in [-0.25, -0.2) is 19.3 Å². The number of phosphoric acid groups is 3. The van der Waals surface area contributed by atoms with E-state index in [0.717, 1.165) is 54.7 Å². The number of anilines is 1. The molecule has 63 heavy (non-hydrogen) atoms. The third kappa shape index (κ3) is 19.0. The SMILES string of the molecule is CC/C=C\C/C=C\C/C=C\CCCC(=O)SCCNC(=O)CCNC(=O)[C@H](O)C(C)(C)COP(=O)([O-])OP(=O)([O-])OC[C@H]1O[C@@H](n2cnc3c(N)ncnc32)[C@H](O)[C@@H]1OP(=O)([O-])[O-]. The Balaban J connectivity index is 1.37. The number of amides is 2. The van der Waals surface area contributed by atoms with Crippen LogP contribution >= 0.6 is 35.2 Å². The smallest absolute Gasteiger partial charge is 0.274 e. The normalized spacial score (nSPS) is 21.0. The molecule has 1 fully saturated rings. The topological polar surface area (TPSA) is 375 Å². The molecule has 0 aliphatic carbocycles. The summed E-state index contributed by atoms with van der Waals surface area (Å²) in [6, 6.07) is 0. The molecule has 0 saturated carbocycles. The number of carbonyl (C=O) groups excluding carboxylic acids is 3. The van der Waals surface area contributed by atoms with E-state index in [1.807, 2.05) is 6.08 Å². The summed E-state index contributed by atoms with van der Waals surface area (Å²) in [5, 5.41) is 26.3. The van der Waals surface area contributed by atoms with E-state index in [-0.39, 0.29) is 41.6 Å². The van der Waals surface area contributed by atoms with Gasteiger partial charge in [0.15, 0.2) is 22.8 Å². The molecular formula is C35H52N7O17P3S-4. The number of thioether (sulfide) groups is 1. The van der Waals surface area contributed by atoms with E-state index in [1.165, 1.54) is 13.8 Å². The Bertz CT molecular complexity index is 2070. The van der Waals surface area contributed by atoms with Crippen molar-refractivity contribution >= 4 is 69.1 Å². The molecule has 2 unspecified atom stereocenters. The number of ether oxygens (including phenoxy) is 1. The molecule has 6 N–H and O–H groups in total. The minimum atomic E-state index is -5.92. The molecular weight excluding hydrogens is 915 g/mol. The Hall–Kier alpha value is -3.22. The van der Waals surface area contributed by atoms with Crippen LogP contribution < -0.4 is 35.9 Å². The van der Waals surface area contributed by atoms with E-state index in [0.29, 0.717) is 18.6 Å². The van der Waals surface area contributed by atoms with Gasteiger partial charge in [0.25, 0.3) is 15.6 Å². The lowest BCUT2D eigenvalue weighted by atomic mass is 9.87. The van der Waals surface area contributed by atoms with Gasteiger partial charge in [0.05, 0.1) is 27.4 Å². The van der Waals surface area contributed by atoms with Gasteiger partial charge in [-0.1, -0.05) is 69.0 Å². The number of imidazole rings is 1. The van der Waals surface area contributed by atoms with E-state index in [4.69, 9.17) is 10.5 Å². The minimum Gasteiger partial charge on any atom is -0.790 e. The zero-order chi connectivity index (χ0) is 46.8. The van der Waals surface area contributed by atoms with Crippen LogP contribution in [0.25, 0.3) is 11.2 Å². The van der Waals surface area contributed by atoms with Gasteiger partial charge in [0, 0.05) is 37.1 Å². The fourth-order valence-electron chi connectivity index (χ4n) is 5.54. The molecule has 24 nitrogen and oxygen atoms in total. The second-order valence-corrected chi connectivity index (χ2v) is 19.6. The number of aliphatic hydroxyl groups is 2. The number of rotatable bonds is 28. The summed E-state index contributed by atoms with van der Waals surface area (Å²) in [4.78, 5) is 96.5. The number of carbonyl (C=O) groups is 3. The Labute approximate surface area is 367 Å². The van der Waals surface area contributed by atoms with Gasteiger partial charge in [-0.15, -0.1) is 0 Å². The largest absolute Gasteiger partial charge is 0.790 e. The number of nitrogens with one attached hydrogen (secondary N) is 2. The number of aliphatic hydroxyl groups excluding tert-OH is 2. The maximum Gasteiger partial charge on any atom is 0.274 e. The summed E-state index contributed by atoms with van der Waals surface area (Å²) in [6.07, 6.45) is 9.56. The van der Waals surface area contributed by atoms with Crippen LogP contribution in [0.3, 0.4) is 0 Å². The molecule has 0 bridgehead atoms. The number of fused-ring (bicyclic) bond motifs is 1. The average molecular weight is 968 g/mol. The van der Waals surface area contributed by atoms with Crippen molar-refractivity contribution in [3.8, 4) is 0 Å². The fraction of sp³-hybridized carbons (Fsp3) is 0.600. The molecule has 3 heterocycles. The van der Waals surface area contributed by atoms with E-state index in [9.17, 15) is 57.9 Å². The Morgan fingerprint density at radius 3 is 2.33 bits per heavy atom. The van der Waals surface area contributed by atoms with Gasteiger partial charge in [-0.2, -0.15) is 0 Å². The Morgan fingerprint density at radius 2 is 1.65 bits per heavy atom. The minimum absolute atomic E-state index is 0.000820. The first-order valence-corrected chi connectivity index (χ1v) is 24.8. The summed E-state index contributed by atoms with van der Waals surface area (Å²) < 4.78 is 60.7. The standard InChI is InChI=1S/C35H56N7O17P3S/c1-4-5-6-7-8-9-10-11-12-13-14-15-26(44)63-19-18-37-25(43)16-17-38-33(47)30(46)35(2,3)21-56-62(53,54)59-61(51,52)55-20-24-29(58-60(48,49)50)28(45)34(57-24)42-23-41-27-31(36)39-22-40-32(27)42/h5-6,8-9,11-12,22-24,28-30,34,45-46H,4,7,10,13-21H2,1-3H3,(H,37,43)(H,38,47)(H,51,52)(H,53,54)(H2,36,39,40)(H2,48,49,50)/p-4/b6-5-,9-8-,12-11-/t24-,28-,29-,30+,34-/m1/s1. The number of hydrogen-bond donors (Lipinski definition) is 5. The van der Waals surface area contributed by atoms with Crippen LogP contribution in [0.2, 0.25) is 0 Å². The number of nitrogens with two attached hydrogens (primary N) is 1. The molecule has 0 radical (unpaired) electrons. The maximum atomic E-state index is 12.6. The quantitative estimate of drug-likeness (QED) is 0.0431. The highest BCUT2D eigenvalue weighted by atomic mass is 32.2. The molecule has 28 heteroatoms. The van der Waals surface area contributed by atoms with Crippen LogP contribution in [-0.4, -0.2) is 103 Å². The Morgan fingerprint density at radius 1 is 0.984 bits per heavy atom. The number of nitrogen functional groups attached to an aromatic ring is 1. The van der Waals surface area contributed by atoms with E-state index in [2.05, 4.69) is 80.8 Å². The van der Waals surface area contributed by atoms with Crippen molar-refractivity contribution in [2.75, 3.05) is 37.8 Å². The second-order valence-electron chi connectivity index (χ2n) is 14.4. The molecule has 2 aromatic heterocycles. The fourth-order valence-corrected chi connectivity index (χ4v) is 8.99. The molecule has 1 aliphatic heterocycles. The summed E-state index contributed by atoms with van der Waals surface area (Å²) >= 11 is 1.10. The van der Waals surface area contributed by atoms with Crippen LogP contribution in [0.15, 0.2) is 49.1 Å². The number of allylic oxidation sites excluding steroid dienone is 6. The van der Waals surface area contributed by atoms with Crippen LogP contribution in [-0.2, 0) is 50.7 Å². The highest BCUT2D eigenvalue weighted by Gasteiger charge is 2.47. The monoisotopic (exact) mass is 967 g/mol. The van der Waals surface area contributed by atoms with Crippen LogP contribution in [0, 0.1) is 5.41 Å². The predicted octanol–water partition coefficient (Wildman–Crippen LogP) is 0.166. The van der Waals surface area contributed by atoms with Crippen LogP contribution in [0.4, 0.5) is 5.82 Å². The maximum absolute atomic E-state index is 12.6. The lowest BCUT2D eigenvalue weighted by Crippen LogP contribution is -2.46. The van der Waals surface area contributed by atoms with Crippen molar-refractivity contribution in [1.29, 1.82) is 0 Å². The molecule has 3 rings (SSSR count). The van der Waals surface area contributed by atoms with Gasteiger partial charge in [0.1, 0.15) is 36.3 Å². The average Bonchev–Trinajstić information content (AvgIpc) is 3.76. The summed E-state index contributed by atoms with van der Waals surface area (Å²) in [5.74, 6) is -1.19. The number of phosphoric ester groups is 3. The highest BCUT2D eigenvalue weighted by molar-refractivity contribution is 8.13. The lowest BCUT2D eigenvalue weighted by Gasteiger charge is -2.36. The zero-order valence-corrected chi connectivity index (χ0v) is 38.1. The second kappa shape index (κ2) is 25.5. The van der Waals surface area contributed by atoms with Gasteiger partial charge >= 0.3 is 0 Å². The molecule has 1 aliphatic rings. The van der Waals surface area contributed by atoms with Gasteiger partial charge in [0.2, 0.25) is 11.8 Å². The van der Waals surface area contributed by atoms with Crippen molar-refractivity contribution in [3.05, 3.63) is 49.1 Å². The van der Waals surface area contributed by atoms with Gasteiger partial charge in [-0.3, -0.25) is 28.1 Å². The van der Waals surface area contributed by atoms with Crippen molar-refractivity contribution in [2.45, 2.75) is 96.4 Å². The zero-order valence-electron chi connectivity index (χ0n) is 34.6. The molecule has 0 spiro atoms. The molecule has 2 aromatic rings. The number of hydrogen-bond acceptors (Lipinski definition) is 22. The van der Waals surface area contributed by atoms with E-state index < -0.39 is 84.6 Å². The van der Waals surface area contributed by atoms with Gasteiger partial charge in [-0.05, 0) is 32.1 Å². The first-order chi connectivity index (χ1) is 29.6. The summed E-state index contributed by atoms with van der Waals surface area (Å²) in [5.41, 5.74) is 4.07. The first-order valence-electron chi connectivity index (χ1n) is 19.5. The number of aromatic nitrogens is 4. The molecule has 1 saturated heterocycles. The predicted molar refractivity (Wildman–Crippen MR) is 219 cm³/mol. The van der Waals surface area contributed by atoms with Crippen molar-refractivity contribution in [1.82, 2.24) is 30.2 Å². The lowest BCUT2D eigenvalue weighted by molar-refractivity contribution is -0.347. The third-order valence-electron chi connectivity index (χ3n) is 8.77. The number of unbranched alkanes of at least 4 members (excludes halogenated alkanes) is 1. The highest BCUT2D eigenvalue weighted by Crippen LogP contribution is 2.56. The molecule has 0 aromatic carbocycles. The molecule has 7 atom stereocenters. The number of nitrogens with zero attached hydrogens (tertiary/aromatic N) is 4. The van der Waals surface area contributed by atoms with Crippen molar-refractivity contribution < 1.29 is 80.5 Å². The van der Waals surface area contributed by atoms with Crippen molar-refractivity contribution in [3.63, 3.8) is 0 Å². The van der Waals surface area contributed by atoms with Crippen LogP contribution in [0.5, 0.6) is 0 Å². The van der Waals surface area contributed by atoms with Gasteiger partial charge < -0.3 is 69.0 Å². The van der Waals surface area contributed by atoms with Crippen LogP contribution in [0.1, 0.15) is 71.9 Å². The summed E-state index contributed by atoms with van der Waals surface area (Å²) in [7, 11) is -17.6. The third-order valence-corrected chi connectivity index (χ3v) is 12.7. The summed E-state index contributed by atoms with van der Waals surface area (Å²) in [6.45, 7) is 2.20. The first kappa shape index (κ1) is 54.1. The van der Waals surface area contributed by atoms with E-state index in [1.54, 1.807) is 0 Å².